The zero-order chi connectivity index (χ0) is 38.4. The molecule has 5 heteroatoms. The van der Waals surface area contributed by atoms with Crippen LogP contribution < -0.4 is 0 Å². The van der Waals surface area contributed by atoms with Gasteiger partial charge in [-0.2, -0.15) is 0 Å². The molecule has 272 valence electrons. The minimum atomic E-state index is 0.652. The van der Waals surface area contributed by atoms with Gasteiger partial charge in [0.2, 0.25) is 0 Å². The Kier molecular flexibility index (Phi) is 8.07. The Balaban J connectivity index is 1.11. The number of rotatable bonds is 7. The Bertz CT molecular complexity index is 3260. The number of imidazole rings is 1. The Morgan fingerprint density at radius 3 is 1.78 bits per heavy atom. The van der Waals surface area contributed by atoms with Crippen molar-refractivity contribution in [3.05, 3.63) is 206 Å². The van der Waals surface area contributed by atoms with Crippen molar-refractivity contribution in [1.29, 1.82) is 0 Å². The zero-order valence-electron chi connectivity index (χ0n) is 31.3. The predicted octanol–water partition coefficient (Wildman–Crippen LogP) is 13.7. The first-order valence-electron chi connectivity index (χ1n) is 19.4. The van der Waals surface area contributed by atoms with Gasteiger partial charge in [-0.25, -0.2) is 15.0 Å². The molecule has 3 heterocycles. The van der Waals surface area contributed by atoms with Crippen LogP contribution in [0.25, 0.3) is 106 Å². The maximum Gasteiger partial charge on any atom is 0.160 e. The lowest BCUT2D eigenvalue weighted by Gasteiger charge is -2.12. The third-order valence-electron chi connectivity index (χ3n) is 10.9. The standard InChI is InChI=1S/C53H34N4O/c1-4-15-35(16-5-1)37-29-31-38(32-30-37)46-34-47(55-52(54-46)40-20-12-19-39(33-40)36-17-6-2-7-18-36)42-23-14-28-49-50(42)43-24-13-25-44(51(43)58-49)53-56-45-26-10-11-27-48(45)57(53)41-21-8-3-9-22-41/h1-34H. The SMILES string of the molecule is c1ccc(-c2ccc(-c3cc(-c4cccc5oc6c(-c7nc8ccccc8n7-c7ccccc7)cccc6c45)nc(-c4cccc(-c5ccccc5)c4)n3)cc2)cc1. The maximum atomic E-state index is 6.84. The van der Waals surface area contributed by atoms with E-state index in [1.54, 1.807) is 0 Å². The number of aromatic nitrogens is 4. The molecule has 0 fully saturated rings. The highest BCUT2D eigenvalue weighted by molar-refractivity contribution is 6.15. The third-order valence-corrected chi connectivity index (χ3v) is 10.9. The molecule has 0 aliphatic carbocycles. The Hall–Kier alpha value is -7.89. The van der Waals surface area contributed by atoms with Crippen LogP contribution in [0, 0.1) is 0 Å². The van der Waals surface area contributed by atoms with Crippen molar-refractivity contribution in [2.24, 2.45) is 0 Å². The van der Waals surface area contributed by atoms with Crippen molar-refractivity contribution in [3.63, 3.8) is 0 Å². The van der Waals surface area contributed by atoms with Crippen molar-refractivity contribution >= 4 is 33.0 Å². The van der Waals surface area contributed by atoms with Crippen LogP contribution in [0.3, 0.4) is 0 Å². The van der Waals surface area contributed by atoms with E-state index in [1.807, 2.05) is 36.4 Å². The molecule has 0 bridgehead atoms. The molecule has 0 radical (unpaired) electrons. The van der Waals surface area contributed by atoms with Crippen molar-refractivity contribution in [1.82, 2.24) is 19.5 Å². The van der Waals surface area contributed by atoms with Gasteiger partial charge in [-0.15, -0.1) is 0 Å². The minimum absolute atomic E-state index is 0.652. The molecule has 0 saturated carbocycles. The fourth-order valence-corrected chi connectivity index (χ4v) is 8.08. The number of furan rings is 1. The number of para-hydroxylation sites is 4. The third kappa shape index (κ3) is 5.85. The highest BCUT2D eigenvalue weighted by atomic mass is 16.3. The molecule has 0 amide bonds. The quantitative estimate of drug-likeness (QED) is 0.163. The number of hydrogen-bond acceptors (Lipinski definition) is 4. The number of hydrogen-bond donors (Lipinski definition) is 0. The van der Waals surface area contributed by atoms with Gasteiger partial charge in [0.15, 0.2) is 5.82 Å². The van der Waals surface area contributed by atoms with Crippen molar-refractivity contribution in [3.8, 4) is 73.2 Å². The van der Waals surface area contributed by atoms with E-state index in [2.05, 4.69) is 174 Å². The van der Waals surface area contributed by atoms with Crippen molar-refractivity contribution in [2.75, 3.05) is 0 Å². The van der Waals surface area contributed by atoms with E-state index in [1.165, 1.54) is 5.56 Å². The Morgan fingerprint density at radius 1 is 0.397 bits per heavy atom. The molecular weight excluding hydrogens is 709 g/mol. The van der Waals surface area contributed by atoms with E-state index >= 15 is 0 Å². The second-order valence-corrected chi connectivity index (χ2v) is 14.4. The highest BCUT2D eigenvalue weighted by Gasteiger charge is 2.22. The first-order chi connectivity index (χ1) is 28.7. The average molecular weight is 743 g/mol. The summed E-state index contributed by atoms with van der Waals surface area (Å²) in [4.78, 5) is 15.8. The van der Waals surface area contributed by atoms with Gasteiger partial charge < -0.3 is 4.42 Å². The molecule has 0 aliphatic heterocycles. The lowest BCUT2D eigenvalue weighted by molar-refractivity contribution is 0.669. The van der Waals surface area contributed by atoms with Crippen LogP contribution >= 0.6 is 0 Å². The second-order valence-electron chi connectivity index (χ2n) is 14.4. The van der Waals surface area contributed by atoms with Crippen LogP contribution in [-0.2, 0) is 0 Å². The maximum absolute atomic E-state index is 6.84. The van der Waals surface area contributed by atoms with Crippen LogP contribution in [0.5, 0.6) is 0 Å². The lowest BCUT2D eigenvalue weighted by atomic mass is 9.99. The largest absolute Gasteiger partial charge is 0.455 e. The molecule has 0 unspecified atom stereocenters. The van der Waals surface area contributed by atoms with E-state index < -0.39 is 0 Å². The van der Waals surface area contributed by atoms with E-state index in [-0.39, 0.29) is 0 Å². The fraction of sp³-hybridized carbons (Fsp3) is 0. The molecule has 0 aliphatic rings. The molecule has 5 nitrogen and oxygen atoms in total. The first kappa shape index (κ1) is 33.4. The van der Waals surface area contributed by atoms with Crippen LogP contribution in [0.15, 0.2) is 211 Å². The van der Waals surface area contributed by atoms with Gasteiger partial charge in [-0.05, 0) is 70.8 Å². The van der Waals surface area contributed by atoms with Crippen molar-refractivity contribution < 1.29 is 4.42 Å². The molecular formula is C53H34N4O. The van der Waals surface area contributed by atoms with Gasteiger partial charge in [-0.1, -0.05) is 158 Å². The summed E-state index contributed by atoms with van der Waals surface area (Å²) in [5, 5.41) is 1.99. The molecule has 0 saturated heterocycles. The summed E-state index contributed by atoms with van der Waals surface area (Å²) in [6.45, 7) is 0. The van der Waals surface area contributed by atoms with Crippen LogP contribution in [0.2, 0.25) is 0 Å². The zero-order valence-corrected chi connectivity index (χ0v) is 31.3. The smallest absolute Gasteiger partial charge is 0.160 e. The number of fused-ring (bicyclic) bond motifs is 4. The molecule has 0 N–H and O–H groups in total. The Labute approximate surface area is 335 Å². The summed E-state index contributed by atoms with van der Waals surface area (Å²) >= 11 is 0. The van der Waals surface area contributed by atoms with Crippen LogP contribution in [-0.4, -0.2) is 19.5 Å². The molecule has 0 spiro atoms. The van der Waals surface area contributed by atoms with E-state index in [0.29, 0.717) is 5.82 Å². The van der Waals surface area contributed by atoms with Gasteiger partial charge in [0.1, 0.15) is 17.0 Å². The topological polar surface area (TPSA) is 56.7 Å². The second kappa shape index (κ2) is 14.0. The molecule has 11 rings (SSSR count). The van der Waals surface area contributed by atoms with Crippen LogP contribution in [0.4, 0.5) is 0 Å². The van der Waals surface area contributed by atoms with E-state index in [0.717, 1.165) is 94.8 Å². The van der Waals surface area contributed by atoms with Gasteiger partial charge in [0.05, 0.1) is 28.0 Å². The number of nitrogens with zero attached hydrogens (tertiary/aromatic N) is 4. The molecule has 0 atom stereocenters. The average Bonchev–Trinajstić information content (AvgIpc) is 3.89. The summed E-state index contributed by atoms with van der Waals surface area (Å²) in [7, 11) is 0. The summed E-state index contributed by atoms with van der Waals surface area (Å²) in [6.07, 6.45) is 0. The van der Waals surface area contributed by atoms with Gasteiger partial charge in [-0.3, -0.25) is 4.57 Å². The fourth-order valence-electron chi connectivity index (χ4n) is 8.08. The van der Waals surface area contributed by atoms with Gasteiger partial charge in [0.25, 0.3) is 0 Å². The molecule has 11 aromatic rings. The lowest BCUT2D eigenvalue weighted by Crippen LogP contribution is -1.97. The molecule has 58 heavy (non-hydrogen) atoms. The monoisotopic (exact) mass is 742 g/mol. The van der Waals surface area contributed by atoms with Gasteiger partial charge >= 0.3 is 0 Å². The van der Waals surface area contributed by atoms with E-state index in [4.69, 9.17) is 19.4 Å². The van der Waals surface area contributed by atoms with Crippen LogP contribution in [0.1, 0.15) is 0 Å². The molecule has 3 aromatic heterocycles. The first-order valence-corrected chi connectivity index (χ1v) is 19.4. The summed E-state index contributed by atoms with van der Waals surface area (Å²) in [5.74, 6) is 1.47. The molecule has 8 aromatic carbocycles. The normalized spacial score (nSPS) is 11.4. The predicted molar refractivity (Wildman–Crippen MR) is 237 cm³/mol. The van der Waals surface area contributed by atoms with Crippen molar-refractivity contribution in [2.45, 2.75) is 0 Å². The minimum Gasteiger partial charge on any atom is -0.455 e. The van der Waals surface area contributed by atoms with E-state index in [9.17, 15) is 0 Å². The summed E-state index contributed by atoms with van der Waals surface area (Å²) < 4.78 is 9.06. The summed E-state index contributed by atoms with van der Waals surface area (Å²) in [6, 6.07) is 71.3. The summed E-state index contributed by atoms with van der Waals surface area (Å²) in [5.41, 5.74) is 14.6. The highest BCUT2D eigenvalue weighted by Crippen LogP contribution is 2.42. The Morgan fingerprint density at radius 2 is 0.983 bits per heavy atom. The number of benzene rings is 8. The van der Waals surface area contributed by atoms with Gasteiger partial charge in [0, 0.05) is 33.2 Å².